The lowest BCUT2D eigenvalue weighted by atomic mass is 10.0. The molecule has 3 N–H and O–H groups in total. The molecule has 0 saturated heterocycles. The van der Waals surface area contributed by atoms with Gasteiger partial charge in [-0.1, -0.05) is 38.3 Å². The molecule has 0 radical (unpaired) electrons. The van der Waals surface area contributed by atoms with Crippen molar-refractivity contribution in [3.8, 4) is 0 Å². The highest BCUT2D eigenvalue weighted by atomic mass is 16.4. The Hall–Kier alpha value is -1.32. The normalized spacial score (nSPS) is 12.8. The third kappa shape index (κ3) is 9.60. The largest absolute Gasteiger partial charge is 0.481 e. The number of hydrogen-bond acceptors (Lipinski definition) is 2. The van der Waals surface area contributed by atoms with Gasteiger partial charge in [0.25, 0.3) is 0 Å². The van der Waals surface area contributed by atoms with Gasteiger partial charge in [0.2, 0.25) is 5.91 Å². The molecule has 1 unspecified atom stereocenters. The van der Waals surface area contributed by atoms with Crippen LogP contribution in [0.5, 0.6) is 0 Å². The summed E-state index contributed by atoms with van der Waals surface area (Å²) >= 11 is 0. The summed E-state index contributed by atoms with van der Waals surface area (Å²) in [7, 11) is 0. The molecule has 1 amide bonds. The highest BCUT2D eigenvalue weighted by molar-refractivity contribution is 5.81. The molecule has 0 saturated carbocycles. The van der Waals surface area contributed by atoms with E-state index in [4.69, 9.17) is 10.8 Å². The monoisotopic (exact) mass is 241 g/mol. The van der Waals surface area contributed by atoms with Crippen LogP contribution < -0.4 is 5.73 Å². The molecule has 98 valence electrons. The number of primary amides is 1. The van der Waals surface area contributed by atoms with E-state index in [1.54, 1.807) is 0 Å². The Bertz CT molecular complexity index is 261. The van der Waals surface area contributed by atoms with E-state index < -0.39 is 17.8 Å². The molecule has 0 spiro atoms. The van der Waals surface area contributed by atoms with E-state index in [-0.39, 0.29) is 6.42 Å². The zero-order chi connectivity index (χ0) is 13.1. The number of amides is 1. The van der Waals surface area contributed by atoms with Crippen LogP contribution in [0.2, 0.25) is 0 Å². The van der Waals surface area contributed by atoms with Crippen molar-refractivity contribution in [1.29, 1.82) is 0 Å². The van der Waals surface area contributed by atoms with Gasteiger partial charge in [-0.05, 0) is 19.3 Å². The Morgan fingerprint density at radius 2 is 1.94 bits per heavy atom. The number of rotatable bonds is 10. The van der Waals surface area contributed by atoms with Gasteiger partial charge in [-0.2, -0.15) is 0 Å². The number of hydrogen-bond donors (Lipinski definition) is 2. The number of allylic oxidation sites excluding steroid dienone is 2. The smallest absolute Gasteiger partial charge is 0.304 e. The van der Waals surface area contributed by atoms with Gasteiger partial charge < -0.3 is 10.8 Å². The van der Waals surface area contributed by atoms with Crippen LogP contribution in [0, 0.1) is 5.92 Å². The fourth-order valence-electron chi connectivity index (χ4n) is 1.58. The van der Waals surface area contributed by atoms with Gasteiger partial charge in [0.15, 0.2) is 0 Å². The Kier molecular flexibility index (Phi) is 9.11. The van der Waals surface area contributed by atoms with Crippen LogP contribution >= 0.6 is 0 Å². The van der Waals surface area contributed by atoms with E-state index in [2.05, 4.69) is 6.92 Å². The van der Waals surface area contributed by atoms with Gasteiger partial charge in [0, 0.05) is 0 Å². The minimum absolute atomic E-state index is 0.185. The van der Waals surface area contributed by atoms with Crippen molar-refractivity contribution in [2.45, 2.75) is 51.9 Å². The van der Waals surface area contributed by atoms with Crippen LogP contribution in [0.15, 0.2) is 12.2 Å². The molecule has 0 aliphatic heterocycles. The first-order valence-electron chi connectivity index (χ1n) is 6.24. The molecule has 0 aromatic rings. The number of carboxylic acid groups (broad SMARTS) is 1. The number of nitrogens with two attached hydrogens (primary N) is 1. The maximum atomic E-state index is 11.0. The van der Waals surface area contributed by atoms with Crippen LogP contribution in [-0.4, -0.2) is 17.0 Å². The summed E-state index contributed by atoms with van der Waals surface area (Å²) in [5.41, 5.74) is 5.13. The zero-order valence-corrected chi connectivity index (χ0v) is 10.5. The van der Waals surface area contributed by atoms with Crippen LogP contribution in [0.25, 0.3) is 0 Å². The summed E-state index contributed by atoms with van der Waals surface area (Å²) in [5, 5.41) is 8.60. The summed E-state index contributed by atoms with van der Waals surface area (Å²) in [6, 6.07) is 0. The third-order valence-corrected chi connectivity index (χ3v) is 2.64. The summed E-state index contributed by atoms with van der Waals surface area (Å²) < 4.78 is 0. The molecule has 0 bridgehead atoms. The lowest BCUT2D eigenvalue weighted by Gasteiger charge is -2.06. The molecule has 17 heavy (non-hydrogen) atoms. The van der Waals surface area contributed by atoms with Gasteiger partial charge >= 0.3 is 5.97 Å². The predicted molar refractivity (Wildman–Crippen MR) is 67.5 cm³/mol. The first kappa shape index (κ1) is 15.7. The third-order valence-electron chi connectivity index (χ3n) is 2.64. The highest BCUT2D eigenvalue weighted by Crippen LogP contribution is 2.10. The molecule has 0 heterocycles. The second-order valence-electron chi connectivity index (χ2n) is 4.25. The maximum absolute atomic E-state index is 11.0. The summed E-state index contributed by atoms with van der Waals surface area (Å²) in [4.78, 5) is 21.5. The molecule has 1 atom stereocenters. The fourth-order valence-corrected chi connectivity index (χ4v) is 1.58. The molecule has 0 rings (SSSR count). The SMILES string of the molecule is CCCCCC/C=C/CC(CC(=O)O)C(N)=O. The van der Waals surface area contributed by atoms with Crippen molar-refractivity contribution in [2.24, 2.45) is 11.7 Å². The molecule has 0 aliphatic rings. The van der Waals surface area contributed by atoms with Crippen LogP contribution in [0.3, 0.4) is 0 Å². The molecule has 0 aromatic heterocycles. The number of carboxylic acids is 1. The van der Waals surface area contributed by atoms with Gasteiger partial charge in [0.05, 0.1) is 12.3 Å². The minimum atomic E-state index is -0.981. The quantitative estimate of drug-likeness (QED) is 0.455. The topological polar surface area (TPSA) is 80.4 Å². The predicted octanol–water partition coefficient (Wildman–Crippen LogP) is 2.48. The van der Waals surface area contributed by atoms with Gasteiger partial charge in [-0.15, -0.1) is 0 Å². The number of unbranched alkanes of at least 4 members (excludes halogenated alkanes) is 4. The van der Waals surface area contributed by atoms with E-state index >= 15 is 0 Å². The highest BCUT2D eigenvalue weighted by Gasteiger charge is 2.17. The Balaban J connectivity index is 3.76. The lowest BCUT2D eigenvalue weighted by molar-refractivity contribution is -0.140. The van der Waals surface area contributed by atoms with Crippen molar-refractivity contribution in [2.75, 3.05) is 0 Å². The van der Waals surface area contributed by atoms with Crippen molar-refractivity contribution in [1.82, 2.24) is 0 Å². The van der Waals surface area contributed by atoms with Gasteiger partial charge in [-0.3, -0.25) is 9.59 Å². The van der Waals surface area contributed by atoms with Crippen LogP contribution in [0.4, 0.5) is 0 Å². The Morgan fingerprint density at radius 1 is 1.24 bits per heavy atom. The summed E-state index contributed by atoms with van der Waals surface area (Å²) in [6.07, 6.45) is 9.92. The minimum Gasteiger partial charge on any atom is -0.481 e. The fraction of sp³-hybridized carbons (Fsp3) is 0.692. The van der Waals surface area contributed by atoms with Crippen molar-refractivity contribution in [3.63, 3.8) is 0 Å². The second kappa shape index (κ2) is 9.87. The second-order valence-corrected chi connectivity index (χ2v) is 4.25. The molecule has 0 aliphatic carbocycles. The average molecular weight is 241 g/mol. The lowest BCUT2D eigenvalue weighted by Crippen LogP contribution is -2.25. The van der Waals surface area contributed by atoms with Crippen molar-refractivity contribution >= 4 is 11.9 Å². The summed E-state index contributed by atoms with van der Waals surface area (Å²) in [5.74, 6) is -2.10. The maximum Gasteiger partial charge on any atom is 0.304 e. The first-order chi connectivity index (χ1) is 8.07. The molecular formula is C13H23NO3. The van der Waals surface area contributed by atoms with Crippen molar-refractivity contribution < 1.29 is 14.7 Å². The molecule has 0 aromatic carbocycles. The Labute approximate surface area is 103 Å². The number of carbonyl (C=O) groups excluding carboxylic acids is 1. The van der Waals surface area contributed by atoms with Crippen LogP contribution in [-0.2, 0) is 9.59 Å². The van der Waals surface area contributed by atoms with E-state index in [1.807, 2.05) is 12.2 Å². The van der Waals surface area contributed by atoms with E-state index in [0.29, 0.717) is 6.42 Å². The van der Waals surface area contributed by atoms with Crippen molar-refractivity contribution in [3.05, 3.63) is 12.2 Å². The van der Waals surface area contributed by atoms with E-state index in [0.717, 1.165) is 12.8 Å². The average Bonchev–Trinajstić information content (AvgIpc) is 2.25. The molecular weight excluding hydrogens is 218 g/mol. The molecule has 4 heteroatoms. The summed E-state index contributed by atoms with van der Waals surface area (Å²) in [6.45, 7) is 2.17. The van der Waals surface area contributed by atoms with E-state index in [9.17, 15) is 9.59 Å². The van der Waals surface area contributed by atoms with Crippen LogP contribution in [0.1, 0.15) is 51.9 Å². The first-order valence-corrected chi connectivity index (χ1v) is 6.24. The molecule has 0 fully saturated rings. The standard InChI is InChI=1S/C13H23NO3/c1-2-3-4-5-6-7-8-9-11(13(14)17)10-12(15)16/h7-8,11H,2-6,9-10H2,1H3,(H2,14,17)(H,15,16)/b8-7+. The van der Waals surface area contributed by atoms with E-state index in [1.165, 1.54) is 19.3 Å². The van der Waals surface area contributed by atoms with Gasteiger partial charge in [-0.25, -0.2) is 0 Å². The Morgan fingerprint density at radius 3 is 2.47 bits per heavy atom. The molecule has 4 nitrogen and oxygen atoms in total. The zero-order valence-electron chi connectivity index (χ0n) is 10.5. The number of carbonyl (C=O) groups is 2. The van der Waals surface area contributed by atoms with Gasteiger partial charge in [0.1, 0.15) is 0 Å². The number of aliphatic carboxylic acids is 1.